The van der Waals surface area contributed by atoms with Gasteiger partial charge in [-0.25, -0.2) is 0 Å². The number of hydrogen-bond acceptors (Lipinski definition) is 0. The van der Waals surface area contributed by atoms with Crippen LogP contribution in [0.15, 0.2) is 42.1 Å². The van der Waals surface area contributed by atoms with Gasteiger partial charge in [0, 0.05) is 5.56 Å². The van der Waals surface area contributed by atoms with Gasteiger partial charge in [-0.1, -0.05) is 101 Å². The molecule has 1 aromatic rings. The molecule has 0 saturated carbocycles. The van der Waals surface area contributed by atoms with E-state index in [1.165, 1.54) is 94.7 Å². The average Bonchev–Trinajstić information content (AvgIpc) is 2.63. The number of benzene rings is 1. The highest BCUT2D eigenvalue weighted by Gasteiger charge is 2.06. The Bertz CT molecular complexity index is 451. The van der Waals surface area contributed by atoms with Gasteiger partial charge in [0.25, 0.3) is 0 Å². The molecule has 0 radical (unpaired) electrons. The molecule has 0 spiro atoms. The smallest absolute Gasteiger partial charge is 0.107 e. The first-order valence-corrected chi connectivity index (χ1v) is 11.3. The summed E-state index contributed by atoms with van der Waals surface area (Å²) in [6, 6.07) is 10.9. The van der Waals surface area contributed by atoms with Crippen molar-refractivity contribution in [2.24, 2.45) is 0 Å². The number of nitrogens with one attached hydrogen (secondary N) is 1. The summed E-state index contributed by atoms with van der Waals surface area (Å²) in [7, 11) is 0. The van der Waals surface area contributed by atoms with Crippen LogP contribution < -0.4 is 17.3 Å². The van der Waals surface area contributed by atoms with Crippen LogP contribution in [-0.2, 0) is 6.54 Å². The second-order valence-electron chi connectivity index (χ2n) is 8.18. The van der Waals surface area contributed by atoms with Crippen molar-refractivity contribution < 1.29 is 17.3 Å². The molecule has 0 aromatic heterocycles. The zero-order chi connectivity index (χ0) is 18.9. The summed E-state index contributed by atoms with van der Waals surface area (Å²) < 4.78 is 0. The van der Waals surface area contributed by atoms with Gasteiger partial charge in [-0.3, -0.25) is 0 Å². The second-order valence-corrected chi connectivity index (χ2v) is 8.18. The predicted octanol–water partition coefficient (Wildman–Crippen LogP) is 3.70. The minimum atomic E-state index is 0. The summed E-state index contributed by atoms with van der Waals surface area (Å²) in [5, 5.41) is 0. The average molecular weight is 394 g/mol. The maximum Gasteiger partial charge on any atom is 0.107 e. The molecule has 0 saturated heterocycles. The van der Waals surface area contributed by atoms with Gasteiger partial charge in [-0.2, -0.15) is 0 Å². The Hall–Kier alpha value is -0.790. The van der Waals surface area contributed by atoms with E-state index in [0.717, 1.165) is 6.54 Å². The van der Waals surface area contributed by atoms with Crippen molar-refractivity contribution in [3.05, 3.63) is 47.7 Å². The summed E-state index contributed by atoms with van der Waals surface area (Å²) >= 11 is 0. The third-order valence-corrected chi connectivity index (χ3v) is 5.12. The normalized spacial score (nSPS) is 11.7. The van der Waals surface area contributed by atoms with Crippen LogP contribution in [0.2, 0.25) is 0 Å². The largest absolute Gasteiger partial charge is 1.00 e. The van der Waals surface area contributed by atoms with Crippen LogP contribution in [0, 0.1) is 0 Å². The van der Waals surface area contributed by atoms with Crippen LogP contribution in [0.5, 0.6) is 0 Å². The Morgan fingerprint density at radius 3 is 1.70 bits per heavy atom. The molecule has 0 aliphatic rings. The topological polar surface area (TPSA) is 4.44 Å². The van der Waals surface area contributed by atoms with Crippen LogP contribution in [-0.4, -0.2) is 6.54 Å². The highest BCUT2D eigenvalue weighted by molar-refractivity contribution is 5.13. The molecule has 2 heteroatoms. The van der Waals surface area contributed by atoms with Gasteiger partial charge in [-0.05, 0) is 32.3 Å². The van der Waals surface area contributed by atoms with Gasteiger partial charge in [0.05, 0.1) is 12.7 Å². The highest BCUT2D eigenvalue weighted by Crippen LogP contribution is 2.11. The SMILES string of the molecule is CCCCCCCCCCCCCC[NH+](C=C(C)C)Cc1ccccc1.[Cl-]. The zero-order valence-corrected chi connectivity index (χ0v) is 19.0. The first-order chi connectivity index (χ1) is 12.7. The quantitative estimate of drug-likeness (QED) is 0.408. The molecule has 1 unspecified atom stereocenters. The summed E-state index contributed by atoms with van der Waals surface area (Å²) in [6.45, 7) is 9.10. The van der Waals surface area contributed by atoms with Gasteiger partial charge < -0.3 is 17.3 Å². The lowest BCUT2D eigenvalue weighted by Gasteiger charge is -2.16. The fraction of sp³-hybridized carbons (Fsp3) is 0.680. The van der Waals surface area contributed by atoms with Crippen molar-refractivity contribution in [1.82, 2.24) is 0 Å². The molecule has 1 atom stereocenters. The molecule has 0 bridgehead atoms. The van der Waals surface area contributed by atoms with Crippen LogP contribution in [0.25, 0.3) is 0 Å². The van der Waals surface area contributed by atoms with Crippen molar-refractivity contribution in [2.45, 2.75) is 104 Å². The van der Waals surface area contributed by atoms with E-state index < -0.39 is 0 Å². The summed E-state index contributed by atoms with van der Waals surface area (Å²) in [6.07, 6.45) is 19.5. The molecular weight excluding hydrogens is 350 g/mol. The lowest BCUT2D eigenvalue weighted by atomic mass is 10.1. The fourth-order valence-electron chi connectivity index (χ4n) is 3.67. The molecule has 0 aliphatic heterocycles. The first kappa shape index (κ1) is 26.2. The fourth-order valence-corrected chi connectivity index (χ4v) is 3.67. The van der Waals surface area contributed by atoms with Crippen molar-refractivity contribution in [3.63, 3.8) is 0 Å². The molecule has 27 heavy (non-hydrogen) atoms. The molecular formula is C25H44ClN. The van der Waals surface area contributed by atoms with Gasteiger partial charge >= 0.3 is 0 Å². The minimum absolute atomic E-state index is 0. The highest BCUT2D eigenvalue weighted by atomic mass is 35.5. The number of rotatable bonds is 16. The van der Waals surface area contributed by atoms with E-state index >= 15 is 0 Å². The molecule has 1 aromatic carbocycles. The molecule has 0 amide bonds. The Morgan fingerprint density at radius 2 is 1.22 bits per heavy atom. The third-order valence-electron chi connectivity index (χ3n) is 5.12. The van der Waals surface area contributed by atoms with Gasteiger partial charge in [0.15, 0.2) is 0 Å². The number of quaternary nitrogens is 1. The van der Waals surface area contributed by atoms with E-state index in [0.29, 0.717) is 0 Å². The zero-order valence-electron chi connectivity index (χ0n) is 18.2. The number of unbranched alkanes of at least 4 members (excludes halogenated alkanes) is 11. The lowest BCUT2D eigenvalue weighted by Crippen LogP contribution is -3.06. The van der Waals surface area contributed by atoms with E-state index in [1.807, 2.05) is 0 Å². The molecule has 1 N–H and O–H groups in total. The lowest BCUT2D eigenvalue weighted by molar-refractivity contribution is -0.862. The second kappa shape index (κ2) is 18.6. The summed E-state index contributed by atoms with van der Waals surface area (Å²) in [5.41, 5.74) is 2.87. The van der Waals surface area contributed by atoms with Crippen LogP contribution >= 0.6 is 0 Å². The van der Waals surface area contributed by atoms with E-state index in [9.17, 15) is 0 Å². The van der Waals surface area contributed by atoms with Crippen molar-refractivity contribution >= 4 is 0 Å². The van der Waals surface area contributed by atoms with Crippen molar-refractivity contribution in [1.29, 1.82) is 0 Å². The van der Waals surface area contributed by atoms with Crippen LogP contribution in [0.1, 0.15) is 103 Å². The summed E-state index contributed by atoms with van der Waals surface area (Å²) in [4.78, 5) is 1.60. The van der Waals surface area contributed by atoms with Gasteiger partial charge in [0.2, 0.25) is 0 Å². The number of allylic oxidation sites excluding steroid dienone is 1. The van der Waals surface area contributed by atoms with Crippen molar-refractivity contribution in [2.75, 3.05) is 6.54 Å². The van der Waals surface area contributed by atoms with E-state index in [-0.39, 0.29) is 12.4 Å². The van der Waals surface area contributed by atoms with Gasteiger partial charge in [0.1, 0.15) is 6.54 Å². The minimum Gasteiger partial charge on any atom is -1.00 e. The molecule has 1 rings (SSSR count). The Balaban J connectivity index is 0.00000676. The molecule has 156 valence electrons. The Morgan fingerprint density at radius 1 is 0.741 bits per heavy atom. The molecule has 1 nitrogen and oxygen atoms in total. The Labute approximate surface area is 176 Å². The van der Waals surface area contributed by atoms with E-state index in [2.05, 4.69) is 57.3 Å². The van der Waals surface area contributed by atoms with Crippen LogP contribution in [0.4, 0.5) is 0 Å². The molecule has 0 fully saturated rings. The third kappa shape index (κ3) is 15.9. The summed E-state index contributed by atoms with van der Waals surface area (Å²) in [5.74, 6) is 0. The monoisotopic (exact) mass is 393 g/mol. The van der Waals surface area contributed by atoms with E-state index in [4.69, 9.17) is 0 Å². The first-order valence-electron chi connectivity index (χ1n) is 11.3. The molecule has 0 heterocycles. The maximum atomic E-state index is 2.41. The van der Waals surface area contributed by atoms with Gasteiger partial charge in [-0.15, -0.1) is 0 Å². The molecule has 0 aliphatic carbocycles. The van der Waals surface area contributed by atoms with Crippen molar-refractivity contribution in [3.8, 4) is 0 Å². The Kier molecular flexibility index (Phi) is 18.0. The number of halogens is 1. The standard InChI is InChI=1S/C25H43N.ClH/c1-4-5-6-7-8-9-10-11-12-13-14-18-21-26(22-24(2)3)23-25-19-16-15-17-20-25;/h15-17,19-20,22H,4-14,18,21,23H2,1-3H3;1H. The number of hydrogen-bond donors (Lipinski definition) is 1. The van der Waals surface area contributed by atoms with Crippen LogP contribution in [0.3, 0.4) is 0 Å². The predicted molar refractivity (Wildman–Crippen MR) is 116 cm³/mol. The maximum absolute atomic E-state index is 2.41. The van der Waals surface area contributed by atoms with E-state index in [1.54, 1.807) is 4.90 Å².